The number of benzene rings is 1. The van der Waals surface area contributed by atoms with Gasteiger partial charge in [-0.15, -0.1) is 11.3 Å². The summed E-state index contributed by atoms with van der Waals surface area (Å²) in [4.78, 5) is 42.8. The van der Waals surface area contributed by atoms with Crippen molar-refractivity contribution in [3.63, 3.8) is 0 Å². The highest BCUT2D eigenvalue weighted by atomic mass is 35.5. The van der Waals surface area contributed by atoms with Gasteiger partial charge in [0.15, 0.2) is 0 Å². The van der Waals surface area contributed by atoms with Crippen molar-refractivity contribution in [3.05, 3.63) is 57.1 Å². The summed E-state index contributed by atoms with van der Waals surface area (Å²) in [6.07, 6.45) is 3.82. The Morgan fingerprint density at radius 1 is 1.29 bits per heavy atom. The maximum atomic E-state index is 12.6. The van der Waals surface area contributed by atoms with Crippen molar-refractivity contribution < 1.29 is 19.1 Å². The molecule has 176 valence electrons. The first-order chi connectivity index (χ1) is 16.4. The maximum absolute atomic E-state index is 12.6. The number of nitrogens with zero attached hydrogens (tertiary/aromatic N) is 2. The Bertz CT molecular complexity index is 1300. The molecule has 34 heavy (non-hydrogen) atoms. The first-order valence-corrected chi connectivity index (χ1v) is 12.1. The molecule has 1 aliphatic rings. The summed E-state index contributed by atoms with van der Waals surface area (Å²) in [5, 5.41) is 7.80. The van der Waals surface area contributed by atoms with Crippen molar-refractivity contribution in [2.45, 2.75) is 33.1 Å². The van der Waals surface area contributed by atoms with Crippen molar-refractivity contribution >= 4 is 62.8 Å². The van der Waals surface area contributed by atoms with Crippen molar-refractivity contribution in [2.24, 2.45) is 11.0 Å². The minimum atomic E-state index is -0.976. The quantitative estimate of drug-likeness (QED) is 0.179. The highest BCUT2D eigenvalue weighted by Gasteiger charge is 2.30. The second-order valence-electron chi connectivity index (χ2n) is 7.99. The lowest BCUT2D eigenvalue weighted by molar-refractivity contribution is -0.136. The highest BCUT2D eigenvalue weighted by Crippen LogP contribution is 2.40. The van der Waals surface area contributed by atoms with Crippen molar-refractivity contribution in [1.29, 1.82) is 0 Å². The summed E-state index contributed by atoms with van der Waals surface area (Å²) in [6, 6.07) is 9.23. The average molecular weight is 499 g/mol. The summed E-state index contributed by atoms with van der Waals surface area (Å²) in [5.41, 5.74) is 4.65. The number of hydrazone groups is 1. The number of hydrogen-bond acceptors (Lipinski definition) is 7. The van der Waals surface area contributed by atoms with Gasteiger partial charge in [-0.2, -0.15) is 5.10 Å². The summed E-state index contributed by atoms with van der Waals surface area (Å²) in [7, 11) is 0. The number of rotatable bonds is 5. The number of amides is 2. The Morgan fingerprint density at radius 2 is 2.09 bits per heavy atom. The van der Waals surface area contributed by atoms with Gasteiger partial charge in [-0.25, -0.2) is 15.2 Å². The van der Waals surface area contributed by atoms with Crippen LogP contribution in [0, 0.1) is 5.92 Å². The number of halogens is 1. The Morgan fingerprint density at radius 3 is 2.88 bits per heavy atom. The molecule has 0 fully saturated rings. The normalized spacial score (nSPS) is 15.2. The maximum Gasteiger partial charge on any atom is 0.341 e. The summed E-state index contributed by atoms with van der Waals surface area (Å²) < 4.78 is 5.19. The van der Waals surface area contributed by atoms with Gasteiger partial charge < -0.3 is 10.1 Å². The molecule has 1 aromatic carbocycles. The predicted molar refractivity (Wildman–Crippen MR) is 133 cm³/mol. The molecule has 0 aliphatic heterocycles. The number of nitrogens with one attached hydrogen (secondary N) is 2. The molecule has 1 aliphatic carbocycles. The Hall–Kier alpha value is -3.30. The van der Waals surface area contributed by atoms with Crippen LogP contribution < -0.4 is 10.7 Å². The number of carbonyl (C=O) groups is 3. The van der Waals surface area contributed by atoms with Crippen molar-refractivity contribution in [2.75, 3.05) is 11.9 Å². The largest absolute Gasteiger partial charge is 0.462 e. The number of esters is 1. The number of aromatic nitrogens is 1. The Balaban J connectivity index is 1.47. The van der Waals surface area contributed by atoms with E-state index in [9.17, 15) is 14.4 Å². The van der Waals surface area contributed by atoms with Crippen LogP contribution in [0.5, 0.6) is 0 Å². The van der Waals surface area contributed by atoms with E-state index in [2.05, 4.69) is 27.8 Å². The number of hydrogen-bond donors (Lipinski definition) is 2. The fraction of sp³-hybridized carbons (Fsp3) is 0.292. The van der Waals surface area contributed by atoms with Gasteiger partial charge in [0.05, 0.1) is 23.9 Å². The fourth-order valence-electron chi connectivity index (χ4n) is 3.83. The molecule has 10 heteroatoms. The lowest BCUT2D eigenvalue weighted by atomic mass is 9.88. The van der Waals surface area contributed by atoms with Crippen molar-refractivity contribution in [3.8, 4) is 0 Å². The number of thiophene rings is 1. The molecule has 1 unspecified atom stereocenters. The zero-order chi connectivity index (χ0) is 24.2. The molecule has 0 saturated heterocycles. The third-order valence-electron chi connectivity index (χ3n) is 5.50. The van der Waals surface area contributed by atoms with Gasteiger partial charge in [-0.1, -0.05) is 36.7 Å². The molecule has 0 radical (unpaired) electrons. The molecule has 2 heterocycles. The van der Waals surface area contributed by atoms with Crippen LogP contribution in [0.15, 0.2) is 35.4 Å². The Kier molecular flexibility index (Phi) is 7.23. The first kappa shape index (κ1) is 23.8. The van der Waals surface area contributed by atoms with Crippen LogP contribution in [-0.2, 0) is 27.2 Å². The average Bonchev–Trinajstić information content (AvgIpc) is 3.16. The van der Waals surface area contributed by atoms with Crippen LogP contribution in [0.25, 0.3) is 10.9 Å². The minimum Gasteiger partial charge on any atom is -0.462 e. The van der Waals surface area contributed by atoms with E-state index in [4.69, 9.17) is 16.3 Å². The van der Waals surface area contributed by atoms with Crippen LogP contribution in [0.1, 0.15) is 46.6 Å². The van der Waals surface area contributed by atoms with Crippen LogP contribution in [-0.4, -0.2) is 35.6 Å². The van der Waals surface area contributed by atoms with Gasteiger partial charge in [0.2, 0.25) is 0 Å². The van der Waals surface area contributed by atoms with E-state index < -0.39 is 17.8 Å². The second kappa shape index (κ2) is 10.3. The third-order valence-corrected chi connectivity index (χ3v) is 6.97. The summed E-state index contributed by atoms with van der Waals surface area (Å²) in [6.45, 7) is 4.09. The SMILES string of the molecule is CCOC(=O)c1c(NC(=O)C(=O)NN=Cc2cc3ccccc3nc2Cl)sc2c1CCC(C)C2. The van der Waals surface area contributed by atoms with Gasteiger partial charge in [-0.3, -0.25) is 9.59 Å². The Labute approximate surface area is 205 Å². The molecular formula is C24H23ClN4O4S. The van der Waals surface area contributed by atoms with Crippen LogP contribution in [0.2, 0.25) is 5.15 Å². The molecule has 3 aromatic rings. The van der Waals surface area contributed by atoms with E-state index in [1.807, 2.05) is 24.3 Å². The molecule has 4 rings (SSSR count). The minimum absolute atomic E-state index is 0.217. The lowest BCUT2D eigenvalue weighted by Gasteiger charge is -2.18. The van der Waals surface area contributed by atoms with Crippen LogP contribution in [0.3, 0.4) is 0 Å². The fourth-order valence-corrected chi connectivity index (χ4v) is 5.42. The zero-order valence-electron chi connectivity index (χ0n) is 18.7. The number of ether oxygens (including phenoxy) is 1. The summed E-state index contributed by atoms with van der Waals surface area (Å²) >= 11 is 7.50. The highest BCUT2D eigenvalue weighted by molar-refractivity contribution is 7.17. The molecule has 2 amide bonds. The van der Waals surface area contributed by atoms with E-state index in [-0.39, 0.29) is 11.8 Å². The van der Waals surface area contributed by atoms with Gasteiger partial charge in [0.1, 0.15) is 10.2 Å². The number of carbonyl (C=O) groups excluding carboxylic acids is 3. The third kappa shape index (κ3) is 5.10. The monoisotopic (exact) mass is 498 g/mol. The first-order valence-electron chi connectivity index (χ1n) is 10.9. The van der Waals surface area contributed by atoms with E-state index in [0.29, 0.717) is 22.0 Å². The van der Waals surface area contributed by atoms with E-state index in [0.717, 1.165) is 40.6 Å². The topological polar surface area (TPSA) is 110 Å². The van der Waals surface area contributed by atoms with Gasteiger partial charge in [0, 0.05) is 15.8 Å². The molecule has 2 N–H and O–H groups in total. The zero-order valence-corrected chi connectivity index (χ0v) is 20.3. The van der Waals surface area contributed by atoms with Crippen LogP contribution in [0.4, 0.5) is 5.00 Å². The summed E-state index contributed by atoms with van der Waals surface area (Å²) in [5.74, 6) is -1.92. The lowest BCUT2D eigenvalue weighted by Crippen LogP contribution is -2.32. The molecule has 2 aromatic heterocycles. The molecule has 0 spiro atoms. The molecule has 8 nitrogen and oxygen atoms in total. The molecule has 0 saturated carbocycles. The van der Waals surface area contributed by atoms with Gasteiger partial charge >= 0.3 is 17.8 Å². The number of para-hydroxylation sites is 1. The number of fused-ring (bicyclic) bond motifs is 2. The second-order valence-corrected chi connectivity index (χ2v) is 9.45. The molecular weight excluding hydrogens is 476 g/mol. The predicted octanol–water partition coefficient (Wildman–Crippen LogP) is 4.34. The van der Waals surface area contributed by atoms with Gasteiger partial charge in [-0.05, 0) is 49.8 Å². The van der Waals surface area contributed by atoms with Gasteiger partial charge in [0.25, 0.3) is 0 Å². The van der Waals surface area contributed by atoms with Crippen LogP contribution >= 0.6 is 22.9 Å². The molecule has 1 atom stereocenters. The smallest absolute Gasteiger partial charge is 0.341 e. The number of pyridine rings is 1. The standard InChI is InChI=1S/C24H23ClN4O4S/c1-3-33-24(32)19-16-9-8-13(2)10-18(16)34-23(19)28-21(30)22(31)29-26-12-15-11-14-6-4-5-7-17(14)27-20(15)25/h4-7,11-13H,3,8-10H2,1-2H3,(H,28,30)(H,29,31). The molecule has 0 bridgehead atoms. The van der Waals surface area contributed by atoms with Crippen molar-refractivity contribution in [1.82, 2.24) is 10.4 Å². The number of anilines is 1. The van der Waals surface area contributed by atoms with E-state index >= 15 is 0 Å². The van der Waals surface area contributed by atoms with E-state index in [1.54, 1.807) is 13.0 Å². The van der Waals surface area contributed by atoms with E-state index in [1.165, 1.54) is 17.6 Å².